The standard InChI is InChI=1S/C21H16O/c1-3-7-16(8-4-1)18-11-12-21-20(15-18)19(13-14-22-21)17-9-5-2-6-10-17/h1-13,15H,14H2. The van der Waals surface area contributed by atoms with E-state index in [2.05, 4.69) is 72.8 Å². The molecule has 106 valence electrons. The van der Waals surface area contributed by atoms with Gasteiger partial charge in [-0.15, -0.1) is 0 Å². The first-order valence-electron chi connectivity index (χ1n) is 7.50. The average molecular weight is 284 g/mol. The molecular formula is C21H16O. The molecule has 1 heteroatoms. The Kier molecular flexibility index (Phi) is 3.24. The normalized spacial score (nSPS) is 13.0. The molecule has 0 atom stereocenters. The highest BCUT2D eigenvalue weighted by atomic mass is 16.5. The molecule has 0 unspecified atom stereocenters. The van der Waals surface area contributed by atoms with Crippen LogP contribution in [0.5, 0.6) is 5.75 Å². The zero-order chi connectivity index (χ0) is 14.8. The second-order valence-corrected chi connectivity index (χ2v) is 5.37. The summed E-state index contributed by atoms with van der Waals surface area (Å²) in [7, 11) is 0. The molecule has 0 radical (unpaired) electrons. The quantitative estimate of drug-likeness (QED) is 0.630. The Morgan fingerprint density at radius 2 is 1.32 bits per heavy atom. The zero-order valence-corrected chi connectivity index (χ0v) is 12.2. The van der Waals surface area contributed by atoms with Crippen molar-refractivity contribution in [3.63, 3.8) is 0 Å². The van der Waals surface area contributed by atoms with Crippen LogP contribution < -0.4 is 4.74 Å². The maximum atomic E-state index is 5.79. The van der Waals surface area contributed by atoms with Crippen molar-refractivity contribution in [1.82, 2.24) is 0 Å². The maximum Gasteiger partial charge on any atom is 0.127 e. The van der Waals surface area contributed by atoms with Crippen molar-refractivity contribution >= 4 is 5.57 Å². The van der Waals surface area contributed by atoms with Crippen LogP contribution in [0.4, 0.5) is 0 Å². The van der Waals surface area contributed by atoms with E-state index in [9.17, 15) is 0 Å². The summed E-state index contributed by atoms with van der Waals surface area (Å²) >= 11 is 0. The summed E-state index contributed by atoms with van der Waals surface area (Å²) < 4.78 is 5.79. The highest BCUT2D eigenvalue weighted by molar-refractivity contribution is 5.86. The van der Waals surface area contributed by atoms with Crippen molar-refractivity contribution in [2.75, 3.05) is 6.61 Å². The average Bonchev–Trinajstić information content (AvgIpc) is 2.62. The van der Waals surface area contributed by atoms with E-state index in [-0.39, 0.29) is 0 Å². The van der Waals surface area contributed by atoms with Gasteiger partial charge in [0.1, 0.15) is 12.4 Å². The Morgan fingerprint density at radius 1 is 0.636 bits per heavy atom. The topological polar surface area (TPSA) is 9.23 Å². The molecule has 0 bridgehead atoms. The van der Waals surface area contributed by atoms with Crippen LogP contribution in [-0.2, 0) is 0 Å². The van der Waals surface area contributed by atoms with E-state index in [0.717, 1.165) is 5.75 Å². The van der Waals surface area contributed by atoms with Crippen LogP contribution in [0.2, 0.25) is 0 Å². The molecular weight excluding hydrogens is 268 g/mol. The molecule has 0 saturated heterocycles. The van der Waals surface area contributed by atoms with Gasteiger partial charge in [0, 0.05) is 5.56 Å². The minimum Gasteiger partial charge on any atom is -0.489 e. The van der Waals surface area contributed by atoms with Crippen molar-refractivity contribution in [2.45, 2.75) is 0 Å². The van der Waals surface area contributed by atoms with Crippen LogP contribution in [0, 0.1) is 0 Å². The van der Waals surface area contributed by atoms with Crippen molar-refractivity contribution in [3.8, 4) is 16.9 Å². The minimum atomic E-state index is 0.627. The van der Waals surface area contributed by atoms with E-state index >= 15 is 0 Å². The fourth-order valence-corrected chi connectivity index (χ4v) is 2.89. The van der Waals surface area contributed by atoms with E-state index in [0.29, 0.717) is 6.61 Å². The van der Waals surface area contributed by atoms with Crippen molar-refractivity contribution < 1.29 is 4.74 Å². The number of hydrogen-bond acceptors (Lipinski definition) is 1. The van der Waals surface area contributed by atoms with Crippen LogP contribution >= 0.6 is 0 Å². The third kappa shape index (κ3) is 2.31. The molecule has 0 amide bonds. The van der Waals surface area contributed by atoms with Gasteiger partial charge >= 0.3 is 0 Å². The van der Waals surface area contributed by atoms with Crippen LogP contribution in [-0.4, -0.2) is 6.61 Å². The summed E-state index contributed by atoms with van der Waals surface area (Å²) in [5, 5.41) is 0. The monoisotopic (exact) mass is 284 g/mol. The van der Waals surface area contributed by atoms with Crippen LogP contribution in [0.25, 0.3) is 16.7 Å². The summed E-state index contributed by atoms with van der Waals surface area (Å²) in [6.45, 7) is 0.627. The fraction of sp³-hybridized carbons (Fsp3) is 0.0476. The lowest BCUT2D eigenvalue weighted by atomic mass is 9.92. The van der Waals surface area contributed by atoms with Gasteiger partial charge in [-0.3, -0.25) is 0 Å². The Labute approximate surface area is 130 Å². The highest BCUT2D eigenvalue weighted by Crippen LogP contribution is 2.36. The van der Waals surface area contributed by atoms with Gasteiger partial charge in [0.15, 0.2) is 0 Å². The van der Waals surface area contributed by atoms with E-state index in [4.69, 9.17) is 4.74 Å². The second kappa shape index (κ2) is 5.53. The van der Waals surface area contributed by atoms with Crippen LogP contribution in [0.1, 0.15) is 11.1 Å². The summed E-state index contributed by atoms with van der Waals surface area (Å²) in [4.78, 5) is 0. The number of benzene rings is 3. The smallest absolute Gasteiger partial charge is 0.127 e. The van der Waals surface area contributed by atoms with E-state index in [1.165, 1.54) is 27.8 Å². The second-order valence-electron chi connectivity index (χ2n) is 5.37. The van der Waals surface area contributed by atoms with Gasteiger partial charge in [0.2, 0.25) is 0 Å². The first-order valence-corrected chi connectivity index (χ1v) is 7.50. The maximum absolute atomic E-state index is 5.79. The lowest BCUT2D eigenvalue weighted by Gasteiger charge is -2.20. The zero-order valence-electron chi connectivity index (χ0n) is 12.2. The number of hydrogen-bond donors (Lipinski definition) is 0. The summed E-state index contributed by atoms with van der Waals surface area (Å²) in [6.07, 6.45) is 2.16. The Morgan fingerprint density at radius 3 is 2.05 bits per heavy atom. The molecule has 1 aliphatic rings. The summed E-state index contributed by atoms with van der Waals surface area (Å²) in [5.41, 5.74) is 6.09. The van der Waals surface area contributed by atoms with Crippen molar-refractivity contribution in [1.29, 1.82) is 0 Å². The lowest BCUT2D eigenvalue weighted by molar-refractivity contribution is 0.357. The van der Waals surface area contributed by atoms with Gasteiger partial charge in [-0.2, -0.15) is 0 Å². The van der Waals surface area contributed by atoms with Crippen LogP contribution in [0.3, 0.4) is 0 Å². The fourth-order valence-electron chi connectivity index (χ4n) is 2.89. The van der Waals surface area contributed by atoms with E-state index in [1.54, 1.807) is 0 Å². The first-order chi connectivity index (χ1) is 10.9. The van der Waals surface area contributed by atoms with Gasteiger partial charge in [0.25, 0.3) is 0 Å². The lowest BCUT2D eigenvalue weighted by Crippen LogP contribution is -2.05. The molecule has 1 heterocycles. The van der Waals surface area contributed by atoms with Gasteiger partial charge in [-0.1, -0.05) is 66.7 Å². The van der Waals surface area contributed by atoms with E-state index in [1.807, 2.05) is 12.1 Å². The van der Waals surface area contributed by atoms with Crippen molar-refractivity contribution in [3.05, 3.63) is 96.1 Å². The van der Waals surface area contributed by atoms with Crippen LogP contribution in [0.15, 0.2) is 84.9 Å². The Hall–Kier alpha value is -2.80. The number of fused-ring (bicyclic) bond motifs is 1. The molecule has 0 spiro atoms. The van der Waals surface area contributed by atoms with Gasteiger partial charge in [-0.25, -0.2) is 0 Å². The summed E-state index contributed by atoms with van der Waals surface area (Å²) in [6, 6.07) is 27.4. The number of rotatable bonds is 2. The largest absolute Gasteiger partial charge is 0.489 e. The van der Waals surface area contributed by atoms with Gasteiger partial charge in [-0.05, 0) is 40.5 Å². The first kappa shape index (κ1) is 12.9. The van der Waals surface area contributed by atoms with Crippen molar-refractivity contribution in [2.24, 2.45) is 0 Å². The Balaban J connectivity index is 1.84. The molecule has 0 saturated carbocycles. The predicted molar refractivity (Wildman–Crippen MR) is 90.9 cm³/mol. The molecule has 0 aliphatic carbocycles. The predicted octanol–water partition coefficient (Wildman–Crippen LogP) is 5.18. The molecule has 0 fully saturated rings. The molecule has 0 aromatic heterocycles. The van der Waals surface area contributed by atoms with Gasteiger partial charge < -0.3 is 4.74 Å². The molecule has 1 nitrogen and oxygen atoms in total. The summed E-state index contributed by atoms with van der Waals surface area (Å²) in [5.74, 6) is 0.959. The molecule has 4 rings (SSSR count). The molecule has 3 aromatic rings. The Bertz CT molecular complexity index is 817. The highest BCUT2D eigenvalue weighted by Gasteiger charge is 2.16. The number of ether oxygens (including phenoxy) is 1. The molecule has 22 heavy (non-hydrogen) atoms. The van der Waals surface area contributed by atoms with Gasteiger partial charge in [0.05, 0.1) is 0 Å². The van der Waals surface area contributed by atoms with E-state index < -0.39 is 0 Å². The molecule has 1 aliphatic heterocycles. The SMILES string of the molecule is C1=C(c2ccccc2)c2cc(-c3ccccc3)ccc2OC1. The molecule has 0 N–H and O–H groups in total. The third-order valence-electron chi connectivity index (χ3n) is 3.99. The minimum absolute atomic E-state index is 0.627. The third-order valence-corrected chi connectivity index (χ3v) is 3.99. The molecule has 3 aromatic carbocycles.